The SMILES string of the molecule is CCOCC(=O)OCCC(CO)CO.Clc1ccccc1Cl. The second kappa shape index (κ2) is 13.8. The summed E-state index contributed by atoms with van der Waals surface area (Å²) < 4.78 is 9.62. The minimum atomic E-state index is -0.415. The summed E-state index contributed by atoms with van der Waals surface area (Å²) in [5, 5.41) is 18.6. The van der Waals surface area contributed by atoms with Gasteiger partial charge < -0.3 is 19.7 Å². The van der Waals surface area contributed by atoms with Crippen LogP contribution in [0.1, 0.15) is 13.3 Å². The van der Waals surface area contributed by atoms with Crippen molar-refractivity contribution >= 4 is 29.2 Å². The molecule has 1 rings (SSSR count). The Morgan fingerprint density at radius 1 is 1.18 bits per heavy atom. The standard InChI is InChI=1S/C9H18O5.C6H4Cl2/c1-2-13-7-9(12)14-4-3-8(5-10)6-11;7-5-3-1-2-4-6(5)8/h8,10-11H,2-7H2,1H3;1-4H. The van der Waals surface area contributed by atoms with Crippen molar-refractivity contribution in [1.29, 1.82) is 0 Å². The van der Waals surface area contributed by atoms with Crippen molar-refractivity contribution in [2.24, 2.45) is 5.92 Å². The quantitative estimate of drug-likeness (QED) is 0.703. The summed E-state index contributed by atoms with van der Waals surface area (Å²) >= 11 is 11.2. The summed E-state index contributed by atoms with van der Waals surface area (Å²) in [6.07, 6.45) is 0.463. The molecule has 126 valence electrons. The van der Waals surface area contributed by atoms with E-state index in [1.807, 2.05) is 12.1 Å². The zero-order valence-corrected chi connectivity index (χ0v) is 14.0. The van der Waals surface area contributed by atoms with Gasteiger partial charge in [-0.3, -0.25) is 0 Å². The number of halogens is 2. The number of aliphatic hydroxyl groups excluding tert-OH is 2. The van der Waals surface area contributed by atoms with Gasteiger partial charge in [-0.1, -0.05) is 35.3 Å². The van der Waals surface area contributed by atoms with E-state index in [1.54, 1.807) is 19.1 Å². The number of benzene rings is 1. The van der Waals surface area contributed by atoms with E-state index in [2.05, 4.69) is 0 Å². The average molecular weight is 353 g/mol. The van der Waals surface area contributed by atoms with Gasteiger partial charge in [0.05, 0.1) is 16.7 Å². The second-order valence-electron chi connectivity index (χ2n) is 4.29. The highest BCUT2D eigenvalue weighted by atomic mass is 35.5. The van der Waals surface area contributed by atoms with Crippen molar-refractivity contribution in [2.75, 3.05) is 33.0 Å². The van der Waals surface area contributed by atoms with E-state index in [1.165, 1.54) is 0 Å². The maximum absolute atomic E-state index is 10.9. The maximum atomic E-state index is 10.9. The number of hydrogen-bond donors (Lipinski definition) is 2. The lowest BCUT2D eigenvalue weighted by Gasteiger charge is -2.10. The van der Waals surface area contributed by atoms with E-state index in [4.69, 9.17) is 42.9 Å². The topological polar surface area (TPSA) is 76.0 Å². The van der Waals surface area contributed by atoms with Gasteiger partial charge in [-0.2, -0.15) is 0 Å². The molecular weight excluding hydrogens is 331 g/mol. The van der Waals surface area contributed by atoms with Gasteiger partial charge in [0.15, 0.2) is 0 Å². The molecule has 5 nitrogen and oxygen atoms in total. The van der Waals surface area contributed by atoms with E-state index in [0.717, 1.165) is 0 Å². The zero-order valence-electron chi connectivity index (χ0n) is 12.5. The lowest BCUT2D eigenvalue weighted by Crippen LogP contribution is -2.18. The summed E-state index contributed by atoms with van der Waals surface area (Å²) in [6, 6.07) is 7.19. The first-order valence-electron chi connectivity index (χ1n) is 6.90. The van der Waals surface area contributed by atoms with Crippen LogP contribution in [0.15, 0.2) is 24.3 Å². The third kappa shape index (κ3) is 10.8. The molecule has 0 spiro atoms. The Morgan fingerprint density at radius 2 is 1.73 bits per heavy atom. The van der Waals surface area contributed by atoms with Gasteiger partial charge in [-0.15, -0.1) is 0 Å². The molecule has 0 saturated carbocycles. The van der Waals surface area contributed by atoms with Gasteiger partial charge >= 0.3 is 5.97 Å². The highest BCUT2D eigenvalue weighted by molar-refractivity contribution is 6.41. The molecule has 0 aromatic heterocycles. The molecule has 0 atom stereocenters. The summed E-state index contributed by atoms with van der Waals surface area (Å²) in [5.74, 6) is -0.628. The summed E-state index contributed by atoms with van der Waals surface area (Å²) in [6.45, 7) is 2.24. The molecule has 0 fully saturated rings. The molecule has 7 heteroatoms. The fourth-order valence-electron chi connectivity index (χ4n) is 1.25. The second-order valence-corrected chi connectivity index (χ2v) is 5.11. The molecule has 0 amide bonds. The van der Waals surface area contributed by atoms with Gasteiger partial charge in [0.1, 0.15) is 6.61 Å². The Hall–Kier alpha value is -0.850. The molecular formula is C15H22Cl2O5. The number of hydrogen-bond acceptors (Lipinski definition) is 5. The molecule has 0 unspecified atom stereocenters. The van der Waals surface area contributed by atoms with Crippen molar-refractivity contribution in [3.63, 3.8) is 0 Å². The number of carbonyl (C=O) groups excluding carboxylic acids is 1. The van der Waals surface area contributed by atoms with Crippen molar-refractivity contribution in [2.45, 2.75) is 13.3 Å². The first-order valence-corrected chi connectivity index (χ1v) is 7.65. The van der Waals surface area contributed by atoms with Gasteiger partial charge in [0.2, 0.25) is 0 Å². The first-order chi connectivity index (χ1) is 10.5. The predicted molar refractivity (Wildman–Crippen MR) is 86.2 cm³/mol. The average Bonchev–Trinajstić information content (AvgIpc) is 2.53. The first kappa shape index (κ1) is 21.1. The fourth-order valence-corrected chi connectivity index (χ4v) is 1.52. The van der Waals surface area contributed by atoms with Gasteiger partial charge in [-0.25, -0.2) is 4.79 Å². The van der Waals surface area contributed by atoms with Crippen LogP contribution in [0.25, 0.3) is 0 Å². The largest absolute Gasteiger partial charge is 0.464 e. The Labute approximate surface area is 140 Å². The van der Waals surface area contributed by atoms with Crippen LogP contribution in [0.4, 0.5) is 0 Å². The smallest absolute Gasteiger partial charge is 0.332 e. The molecule has 0 saturated heterocycles. The van der Waals surface area contributed by atoms with E-state index < -0.39 is 5.97 Å². The van der Waals surface area contributed by atoms with Crippen LogP contribution in [0.5, 0.6) is 0 Å². The maximum Gasteiger partial charge on any atom is 0.332 e. The molecule has 1 aromatic rings. The van der Waals surface area contributed by atoms with Crippen molar-refractivity contribution in [3.8, 4) is 0 Å². The molecule has 0 aliphatic carbocycles. The van der Waals surface area contributed by atoms with Crippen LogP contribution in [-0.4, -0.2) is 49.2 Å². The van der Waals surface area contributed by atoms with Crippen LogP contribution < -0.4 is 0 Å². The molecule has 0 aliphatic rings. The van der Waals surface area contributed by atoms with Gasteiger partial charge in [0, 0.05) is 25.7 Å². The molecule has 0 aliphatic heterocycles. The van der Waals surface area contributed by atoms with Crippen molar-refractivity contribution < 1.29 is 24.5 Å². The number of aliphatic hydroxyl groups is 2. The predicted octanol–water partition coefficient (Wildman–Crippen LogP) is 2.55. The molecule has 22 heavy (non-hydrogen) atoms. The van der Waals surface area contributed by atoms with E-state index in [0.29, 0.717) is 23.1 Å². The third-order valence-corrected chi connectivity index (χ3v) is 3.31. The van der Waals surface area contributed by atoms with E-state index in [-0.39, 0.29) is 32.3 Å². The monoisotopic (exact) mass is 352 g/mol. The molecule has 0 heterocycles. The number of carbonyl (C=O) groups is 1. The number of ether oxygens (including phenoxy) is 2. The summed E-state index contributed by atoms with van der Waals surface area (Å²) in [7, 11) is 0. The number of esters is 1. The Balaban J connectivity index is 0.000000461. The molecule has 1 aromatic carbocycles. The Kier molecular flexibility index (Phi) is 13.3. The highest BCUT2D eigenvalue weighted by Crippen LogP contribution is 2.19. The third-order valence-electron chi connectivity index (χ3n) is 2.55. The van der Waals surface area contributed by atoms with Crippen LogP contribution >= 0.6 is 23.2 Å². The minimum absolute atomic E-state index is 0.0422. The molecule has 0 radical (unpaired) electrons. The Morgan fingerprint density at radius 3 is 2.14 bits per heavy atom. The van der Waals surface area contributed by atoms with Crippen LogP contribution in [0.2, 0.25) is 10.0 Å². The van der Waals surface area contributed by atoms with E-state index >= 15 is 0 Å². The molecule has 0 bridgehead atoms. The van der Waals surface area contributed by atoms with Crippen molar-refractivity contribution in [1.82, 2.24) is 0 Å². The number of rotatable bonds is 8. The van der Waals surface area contributed by atoms with Crippen LogP contribution in [-0.2, 0) is 14.3 Å². The van der Waals surface area contributed by atoms with Gasteiger partial charge in [-0.05, 0) is 25.5 Å². The Bertz CT molecular complexity index is 390. The molecule has 2 N–H and O–H groups in total. The van der Waals surface area contributed by atoms with Crippen LogP contribution in [0.3, 0.4) is 0 Å². The summed E-state index contributed by atoms with van der Waals surface area (Å²) in [4.78, 5) is 10.9. The lowest BCUT2D eigenvalue weighted by molar-refractivity contribution is -0.149. The fraction of sp³-hybridized carbons (Fsp3) is 0.533. The van der Waals surface area contributed by atoms with Crippen molar-refractivity contribution in [3.05, 3.63) is 34.3 Å². The normalized spacial score (nSPS) is 10.1. The minimum Gasteiger partial charge on any atom is -0.464 e. The lowest BCUT2D eigenvalue weighted by atomic mass is 10.1. The summed E-state index contributed by atoms with van der Waals surface area (Å²) in [5.41, 5.74) is 0. The van der Waals surface area contributed by atoms with Crippen LogP contribution in [0, 0.1) is 5.92 Å². The zero-order chi connectivity index (χ0) is 16.8. The highest BCUT2D eigenvalue weighted by Gasteiger charge is 2.07. The van der Waals surface area contributed by atoms with Gasteiger partial charge in [0.25, 0.3) is 0 Å². The van der Waals surface area contributed by atoms with E-state index in [9.17, 15) is 4.79 Å².